The molecular formula is C19H17NO2. The Balaban J connectivity index is 1.86. The number of hydrogen-bond donors (Lipinski definition) is 0. The number of rotatable bonds is 1. The molecule has 1 aliphatic heterocycles. The summed E-state index contributed by atoms with van der Waals surface area (Å²) in [4.78, 5) is 4.56. The van der Waals surface area contributed by atoms with Crippen molar-refractivity contribution < 1.29 is 9.47 Å². The SMILES string of the molecule is CC1(C)Oc2ccccc2C(c2cnc3ccccc3c2)O1. The predicted molar refractivity (Wildman–Crippen MR) is 85.8 cm³/mol. The minimum atomic E-state index is -0.662. The Kier molecular flexibility index (Phi) is 2.91. The van der Waals surface area contributed by atoms with Gasteiger partial charge in [-0.05, 0) is 18.2 Å². The van der Waals surface area contributed by atoms with E-state index in [4.69, 9.17) is 9.47 Å². The summed E-state index contributed by atoms with van der Waals surface area (Å²) >= 11 is 0. The van der Waals surface area contributed by atoms with Crippen LogP contribution in [0.5, 0.6) is 5.75 Å². The summed E-state index contributed by atoms with van der Waals surface area (Å²) in [6.45, 7) is 3.87. The number of ether oxygens (including phenoxy) is 2. The Bertz CT molecular complexity index is 841. The number of pyridine rings is 1. The van der Waals surface area contributed by atoms with Gasteiger partial charge < -0.3 is 9.47 Å². The second-order valence-electron chi connectivity index (χ2n) is 6.00. The number of aromatic nitrogens is 1. The predicted octanol–water partition coefficient (Wildman–Crippen LogP) is 4.47. The molecule has 0 fully saturated rings. The van der Waals surface area contributed by atoms with Gasteiger partial charge in [-0.1, -0.05) is 36.4 Å². The van der Waals surface area contributed by atoms with E-state index in [0.717, 1.165) is 27.8 Å². The van der Waals surface area contributed by atoms with Gasteiger partial charge in [0.2, 0.25) is 5.79 Å². The number of fused-ring (bicyclic) bond motifs is 2. The maximum absolute atomic E-state index is 6.17. The van der Waals surface area contributed by atoms with Crippen LogP contribution in [0.15, 0.2) is 60.8 Å². The molecule has 0 amide bonds. The smallest absolute Gasteiger partial charge is 0.205 e. The summed E-state index contributed by atoms with van der Waals surface area (Å²) in [7, 11) is 0. The molecule has 0 bridgehead atoms. The Labute approximate surface area is 129 Å². The van der Waals surface area contributed by atoms with E-state index >= 15 is 0 Å². The molecule has 0 spiro atoms. The lowest BCUT2D eigenvalue weighted by Gasteiger charge is -2.38. The first-order chi connectivity index (χ1) is 10.6. The van der Waals surface area contributed by atoms with E-state index in [-0.39, 0.29) is 6.10 Å². The monoisotopic (exact) mass is 291 g/mol. The zero-order valence-electron chi connectivity index (χ0n) is 12.6. The van der Waals surface area contributed by atoms with Gasteiger partial charge in [0.1, 0.15) is 11.9 Å². The Morgan fingerprint density at radius 3 is 2.68 bits per heavy atom. The van der Waals surface area contributed by atoms with Gasteiger partial charge in [-0.15, -0.1) is 0 Å². The summed E-state index contributed by atoms with van der Waals surface area (Å²) in [6.07, 6.45) is 1.72. The minimum absolute atomic E-state index is 0.169. The van der Waals surface area contributed by atoms with Gasteiger partial charge >= 0.3 is 0 Å². The fraction of sp³-hybridized carbons (Fsp3) is 0.211. The second-order valence-corrected chi connectivity index (χ2v) is 6.00. The normalized spacial score (nSPS) is 19.5. The van der Waals surface area contributed by atoms with E-state index < -0.39 is 5.79 Å². The van der Waals surface area contributed by atoms with Crippen molar-refractivity contribution in [3.63, 3.8) is 0 Å². The highest BCUT2D eigenvalue weighted by molar-refractivity contribution is 5.79. The molecule has 1 aromatic heterocycles. The molecule has 110 valence electrons. The number of nitrogens with zero attached hydrogens (tertiary/aromatic N) is 1. The number of benzene rings is 2. The highest BCUT2D eigenvalue weighted by Crippen LogP contribution is 2.42. The quantitative estimate of drug-likeness (QED) is 0.663. The van der Waals surface area contributed by atoms with Crippen molar-refractivity contribution in [3.8, 4) is 5.75 Å². The molecule has 2 aromatic carbocycles. The van der Waals surface area contributed by atoms with Gasteiger partial charge in [-0.25, -0.2) is 0 Å². The molecule has 3 nitrogen and oxygen atoms in total. The molecule has 0 saturated carbocycles. The molecule has 1 atom stereocenters. The molecule has 0 radical (unpaired) electrons. The van der Waals surface area contributed by atoms with E-state index in [9.17, 15) is 0 Å². The zero-order valence-corrected chi connectivity index (χ0v) is 12.6. The molecule has 3 heteroatoms. The minimum Gasteiger partial charge on any atom is -0.463 e. The molecule has 1 unspecified atom stereocenters. The van der Waals surface area contributed by atoms with Crippen molar-refractivity contribution in [2.24, 2.45) is 0 Å². The second kappa shape index (κ2) is 4.82. The first-order valence-corrected chi connectivity index (χ1v) is 7.43. The molecule has 2 heterocycles. The molecule has 0 aliphatic carbocycles. The van der Waals surface area contributed by atoms with Crippen LogP contribution in [0.2, 0.25) is 0 Å². The van der Waals surface area contributed by atoms with Crippen LogP contribution in [-0.2, 0) is 4.74 Å². The van der Waals surface area contributed by atoms with Crippen LogP contribution in [-0.4, -0.2) is 10.8 Å². The Morgan fingerprint density at radius 2 is 1.77 bits per heavy atom. The van der Waals surface area contributed by atoms with Crippen LogP contribution in [0.1, 0.15) is 31.1 Å². The topological polar surface area (TPSA) is 31.4 Å². The van der Waals surface area contributed by atoms with Gasteiger partial charge in [-0.2, -0.15) is 0 Å². The zero-order chi connectivity index (χ0) is 15.2. The van der Waals surface area contributed by atoms with E-state index in [1.54, 1.807) is 0 Å². The van der Waals surface area contributed by atoms with Crippen molar-refractivity contribution in [1.82, 2.24) is 4.98 Å². The maximum atomic E-state index is 6.17. The standard InChI is InChI=1S/C19H17NO2/c1-19(2)21-17-10-6-4-8-15(17)18(22-19)14-11-13-7-3-5-9-16(13)20-12-14/h3-12,18H,1-2H3. The van der Waals surface area contributed by atoms with E-state index in [1.807, 2.05) is 62.5 Å². The van der Waals surface area contributed by atoms with Crippen LogP contribution >= 0.6 is 0 Å². The summed E-state index contributed by atoms with van der Waals surface area (Å²) in [6, 6.07) is 18.3. The van der Waals surface area contributed by atoms with Crippen molar-refractivity contribution in [1.29, 1.82) is 0 Å². The first kappa shape index (κ1) is 13.3. The molecule has 4 rings (SSSR count). The van der Waals surface area contributed by atoms with Crippen LogP contribution < -0.4 is 4.74 Å². The van der Waals surface area contributed by atoms with Crippen molar-refractivity contribution in [2.75, 3.05) is 0 Å². The summed E-state index contributed by atoms with van der Waals surface area (Å²) in [5.41, 5.74) is 3.08. The highest BCUT2D eigenvalue weighted by Gasteiger charge is 2.35. The fourth-order valence-corrected chi connectivity index (χ4v) is 2.91. The number of para-hydroxylation sites is 2. The van der Waals surface area contributed by atoms with E-state index in [2.05, 4.69) is 17.1 Å². The maximum Gasteiger partial charge on any atom is 0.205 e. The summed E-state index contributed by atoms with van der Waals surface area (Å²) < 4.78 is 12.1. The van der Waals surface area contributed by atoms with Crippen LogP contribution in [0.25, 0.3) is 10.9 Å². The lowest BCUT2D eigenvalue weighted by Crippen LogP contribution is -2.38. The first-order valence-electron chi connectivity index (χ1n) is 7.43. The molecular weight excluding hydrogens is 274 g/mol. The molecule has 3 aromatic rings. The van der Waals surface area contributed by atoms with Gasteiger partial charge in [-0.3, -0.25) is 4.98 Å². The average Bonchev–Trinajstić information content (AvgIpc) is 2.53. The third-order valence-corrected chi connectivity index (χ3v) is 3.87. The van der Waals surface area contributed by atoms with E-state index in [1.165, 1.54) is 0 Å². The van der Waals surface area contributed by atoms with Gasteiger partial charge in [0.15, 0.2) is 0 Å². The third-order valence-electron chi connectivity index (χ3n) is 3.87. The van der Waals surface area contributed by atoms with Crippen molar-refractivity contribution >= 4 is 10.9 Å². The molecule has 0 saturated heterocycles. The van der Waals surface area contributed by atoms with Crippen LogP contribution in [0.4, 0.5) is 0 Å². The third kappa shape index (κ3) is 2.24. The lowest BCUT2D eigenvalue weighted by atomic mass is 9.99. The lowest BCUT2D eigenvalue weighted by molar-refractivity contribution is -0.196. The van der Waals surface area contributed by atoms with Crippen LogP contribution in [0.3, 0.4) is 0 Å². The Hall–Kier alpha value is -2.39. The van der Waals surface area contributed by atoms with Gasteiger partial charge in [0, 0.05) is 36.6 Å². The molecule has 22 heavy (non-hydrogen) atoms. The largest absolute Gasteiger partial charge is 0.463 e. The van der Waals surface area contributed by atoms with Gasteiger partial charge in [0.05, 0.1) is 5.52 Å². The molecule has 0 N–H and O–H groups in total. The highest BCUT2D eigenvalue weighted by atomic mass is 16.7. The number of hydrogen-bond acceptors (Lipinski definition) is 3. The average molecular weight is 291 g/mol. The Morgan fingerprint density at radius 1 is 1.00 bits per heavy atom. The molecule has 1 aliphatic rings. The summed E-state index contributed by atoms with van der Waals surface area (Å²) in [5, 5.41) is 1.12. The van der Waals surface area contributed by atoms with Crippen molar-refractivity contribution in [3.05, 3.63) is 71.9 Å². The summed E-state index contributed by atoms with van der Waals surface area (Å²) in [5.74, 6) is 0.210. The van der Waals surface area contributed by atoms with Crippen molar-refractivity contribution in [2.45, 2.75) is 25.7 Å². The fourth-order valence-electron chi connectivity index (χ4n) is 2.91. The van der Waals surface area contributed by atoms with E-state index in [0.29, 0.717) is 0 Å². The van der Waals surface area contributed by atoms with Crippen LogP contribution in [0, 0.1) is 0 Å². The van der Waals surface area contributed by atoms with Gasteiger partial charge in [0.25, 0.3) is 0 Å².